The molecular weight excluding hydrogens is 646 g/mol. The maximum absolute atomic E-state index is 13.2. The first kappa shape index (κ1) is 41.6. The van der Waals surface area contributed by atoms with E-state index in [1.54, 1.807) is 0 Å². The van der Waals surface area contributed by atoms with E-state index in [1.807, 2.05) is 107 Å². The molecule has 1 unspecified atom stereocenters. The van der Waals surface area contributed by atoms with E-state index >= 15 is 0 Å². The molecular formula is C38H55N9O4. The number of nitrogens with two attached hydrogens (primary N) is 3. The summed E-state index contributed by atoms with van der Waals surface area (Å²) in [5.74, 6) is 4.96. The van der Waals surface area contributed by atoms with Crippen molar-refractivity contribution in [1.82, 2.24) is 21.0 Å². The van der Waals surface area contributed by atoms with Crippen LogP contribution in [0.5, 0.6) is 0 Å². The van der Waals surface area contributed by atoms with Gasteiger partial charge in [0.25, 0.3) is 0 Å². The summed E-state index contributed by atoms with van der Waals surface area (Å²) in [4.78, 5) is 48.5. The van der Waals surface area contributed by atoms with Crippen molar-refractivity contribution >= 4 is 46.5 Å². The lowest BCUT2D eigenvalue weighted by Gasteiger charge is -2.29. The highest BCUT2D eigenvalue weighted by atomic mass is 16.2. The molecule has 1 aliphatic heterocycles. The predicted octanol–water partition coefficient (Wildman–Crippen LogP) is 4.12. The van der Waals surface area contributed by atoms with Crippen LogP contribution in [0.15, 0.2) is 72.8 Å². The molecule has 51 heavy (non-hydrogen) atoms. The first-order chi connectivity index (χ1) is 24.4. The zero-order chi connectivity index (χ0) is 37.9. The summed E-state index contributed by atoms with van der Waals surface area (Å²) in [6.45, 7) is 12.4. The fourth-order valence-electron chi connectivity index (χ4n) is 5.10. The summed E-state index contributed by atoms with van der Waals surface area (Å²) in [5.41, 5.74) is 17.6. The third-order valence-electron chi connectivity index (χ3n) is 7.70. The number of anilines is 2. The van der Waals surface area contributed by atoms with Gasteiger partial charge >= 0.3 is 6.03 Å². The molecule has 1 atom stereocenters. The summed E-state index contributed by atoms with van der Waals surface area (Å²) in [6.07, 6.45) is 1.83. The van der Waals surface area contributed by atoms with Gasteiger partial charge in [-0.1, -0.05) is 96.1 Å². The van der Waals surface area contributed by atoms with Crippen molar-refractivity contribution in [3.8, 4) is 0 Å². The van der Waals surface area contributed by atoms with Crippen LogP contribution in [0, 0.1) is 5.92 Å². The normalized spacial score (nSPS) is 13.4. The Morgan fingerprint density at radius 2 is 1.49 bits per heavy atom. The van der Waals surface area contributed by atoms with E-state index in [9.17, 15) is 19.2 Å². The Labute approximate surface area is 301 Å². The first-order valence-electron chi connectivity index (χ1n) is 17.4. The molecule has 0 aliphatic carbocycles. The number of hydrazine groups is 1. The molecule has 13 heteroatoms. The Hall–Kier alpha value is -5.56. The van der Waals surface area contributed by atoms with Gasteiger partial charge in [0, 0.05) is 35.6 Å². The fourth-order valence-corrected chi connectivity index (χ4v) is 5.10. The van der Waals surface area contributed by atoms with Gasteiger partial charge in [0.05, 0.1) is 17.9 Å². The quantitative estimate of drug-likeness (QED) is 0.101. The second-order valence-electron chi connectivity index (χ2n) is 11.8. The van der Waals surface area contributed by atoms with E-state index in [2.05, 4.69) is 33.5 Å². The average molecular weight is 702 g/mol. The molecule has 4 rings (SSSR count). The number of nitrogens with zero attached hydrogens (tertiary/aromatic N) is 1. The molecule has 11 N–H and O–H groups in total. The number of carbonyl (C=O) groups is 4. The molecule has 0 aromatic heterocycles. The molecule has 13 nitrogen and oxygen atoms in total. The van der Waals surface area contributed by atoms with Gasteiger partial charge in [-0.3, -0.25) is 19.4 Å². The SMILES string of the molecule is CC.CCCNC(N)=O.CCc1ccc(NC(=O)CNC(=O)C(NC(=O)CN(N)/C2=C(\N)c3ccccc3CNc3ccccc32)C(C)C)cc1. The van der Waals surface area contributed by atoms with Crippen LogP contribution < -0.4 is 43.9 Å². The van der Waals surface area contributed by atoms with Crippen LogP contribution in [0.2, 0.25) is 0 Å². The van der Waals surface area contributed by atoms with Crippen LogP contribution in [0.1, 0.15) is 70.2 Å². The average Bonchev–Trinajstić information content (AvgIpc) is 3.12. The van der Waals surface area contributed by atoms with Crippen molar-refractivity contribution in [2.45, 2.75) is 67.0 Å². The summed E-state index contributed by atoms with van der Waals surface area (Å²) in [6, 6.07) is 21.6. The van der Waals surface area contributed by atoms with Gasteiger partial charge in [-0.05, 0) is 48.1 Å². The molecule has 0 saturated heterocycles. The minimum Gasteiger partial charge on any atom is -0.396 e. The van der Waals surface area contributed by atoms with Gasteiger partial charge in [0.2, 0.25) is 17.7 Å². The maximum Gasteiger partial charge on any atom is 0.312 e. The van der Waals surface area contributed by atoms with Crippen molar-refractivity contribution in [3.63, 3.8) is 0 Å². The summed E-state index contributed by atoms with van der Waals surface area (Å²) < 4.78 is 0. The molecule has 1 aliphatic rings. The molecule has 1 heterocycles. The molecule has 0 fully saturated rings. The zero-order valence-corrected chi connectivity index (χ0v) is 30.6. The molecule has 5 amide bonds. The number of hydrogen-bond donors (Lipinski definition) is 8. The zero-order valence-electron chi connectivity index (χ0n) is 30.6. The van der Waals surface area contributed by atoms with Crippen LogP contribution >= 0.6 is 0 Å². The molecule has 0 bridgehead atoms. The second-order valence-corrected chi connectivity index (χ2v) is 11.8. The Morgan fingerprint density at radius 3 is 2.08 bits per heavy atom. The molecule has 276 valence electrons. The number of amides is 5. The minimum atomic E-state index is -0.874. The van der Waals surface area contributed by atoms with E-state index in [0.29, 0.717) is 30.2 Å². The molecule has 0 saturated carbocycles. The molecule has 3 aromatic carbocycles. The van der Waals surface area contributed by atoms with E-state index in [0.717, 1.165) is 40.8 Å². The largest absolute Gasteiger partial charge is 0.396 e. The number of hydrogen-bond acceptors (Lipinski definition) is 8. The van der Waals surface area contributed by atoms with Crippen molar-refractivity contribution in [2.24, 2.45) is 23.2 Å². The Morgan fingerprint density at radius 1 is 0.863 bits per heavy atom. The third-order valence-corrected chi connectivity index (χ3v) is 7.70. The summed E-state index contributed by atoms with van der Waals surface area (Å²) in [7, 11) is 0. The van der Waals surface area contributed by atoms with Crippen molar-refractivity contribution < 1.29 is 19.2 Å². The first-order valence-corrected chi connectivity index (χ1v) is 17.4. The van der Waals surface area contributed by atoms with Gasteiger partial charge in [-0.15, -0.1) is 0 Å². The number of aryl methyl sites for hydroxylation is 1. The number of benzene rings is 3. The lowest BCUT2D eigenvalue weighted by molar-refractivity contribution is -0.131. The molecule has 3 aromatic rings. The monoisotopic (exact) mass is 701 g/mol. The van der Waals surface area contributed by atoms with E-state index in [-0.39, 0.29) is 24.9 Å². The standard InChI is InChI=1S/C32H39N7O3.C4H10N2O.C2H6/c1-4-21-13-15-23(16-14-21)37-27(40)18-36-32(42)30(20(2)3)38-28(41)19-39(34)31-25-11-7-8-12-26(25)35-17-22-9-5-6-10-24(22)29(31)33;1-2-3-6-4(5)7;1-2/h5-16,20,30,35H,4,17-19,33-34H2,1-3H3,(H,36,42)(H,37,40)(H,38,41);2-3H2,1H3,(H3,5,6,7);1-2H3/b31-29-;;. The van der Waals surface area contributed by atoms with Crippen LogP contribution in [0.25, 0.3) is 11.4 Å². The highest BCUT2D eigenvalue weighted by molar-refractivity contribution is 5.97. The van der Waals surface area contributed by atoms with Gasteiger partial charge in [0.1, 0.15) is 12.6 Å². The maximum atomic E-state index is 13.2. The highest BCUT2D eigenvalue weighted by Gasteiger charge is 2.27. The number of para-hydroxylation sites is 1. The van der Waals surface area contributed by atoms with Crippen LogP contribution in [-0.2, 0) is 27.3 Å². The number of fused-ring (bicyclic) bond motifs is 2. The van der Waals surface area contributed by atoms with Gasteiger partial charge in [0.15, 0.2) is 0 Å². The number of primary amides is 1. The van der Waals surface area contributed by atoms with Gasteiger partial charge in [-0.25, -0.2) is 10.6 Å². The van der Waals surface area contributed by atoms with Crippen LogP contribution in [0.3, 0.4) is 0 Å². The lowest BCUT2D eigenvalue weighted by atomic mass is 9.97. The molecule has 0 radical (unpaired) electrons. The van der Waals surface area contributed by atoms with Gasteiger partial charge < -0.3 is 38.1 Å². The Bertz CT molecular complexity index is 1620. The number of nitrogens with one attached hydrogen (secondary N) is 5. The minimum absolute atomic E-state index is 0.233. The van der Waals surface area contributed by atoms with Crippen molar-refractivity contribution in [1.29, 1.82) is 0 Å². The number of rotatable bonds is 12. The van der Waals surface area contributed by atoms with Crippen LogP contribution in [0.4, 0.5) is 16.2 Å². The van der Waals surface area contributed by atoms with Crippen molar-refractivity contribution in [3.05, 3.63) is 95.1 Å². The van der Waals surface area contributed by atoms with E-state index in [1.165, 1.54) is 5.01 Å². The highest BCUT2D eigenvalue weighted by Crippen LogP contribution is 2.33. The van der Waals surface area contributed by atoms with Gasteiger partial charge in [-0.2, -0.15) is 0 Å². The van der Waals surface area contributed by atoms with Crippen LogP contribution in [-0.4, -0.2) is 54.4 Å². The van der Waals surface area contributed by atoms with E-state index in [4.69, 9.17) is 17.3 Å². The third kappa shape index (κ3) is 13.0. The lowest BCUT2D eigenvalue weighted by Crippen LogP contribution is -2.53. The van der Waals surface area contributed by atoms with E-state index < -0.39 is 23.9 Å². The fraction of sp³-hybridized carbons (Fsp3) is 0.368. The number of carbonyl (C=O) groups excluding carboxylic acids is 4. The Balaban J connectivity index is 0.000000894. The smallest absolute Gasteiger partial charge is 0.312 e. The second kappa shape index (κ2) is 21.5. The van der Waals surface area contributed by atoms with Crippen molar-refractivity contribution in [2.75, 3.05) is 30.3 Å². The molecule has 0 spiro atoms. The summed E-state index contributed by atoms with van der Waals surface area (Å²) in [5, 5.41) is 15.3. The summed E-state index contributed by atoms with van der Waals surface area (Å²) >= 11 is 0. The number of urea groups is 1. The Kier molecular flexibility index (Phi) is 17.5. The topological polar surface area (TPSA) is 210 Å². The predicted molar refractivity (Wildman–Crippen MR) is 206 cm³/mol.